The third-order valence-electron chi connectivity index (χ3n) is 2.43. The minimum absolute atomic E-state index is 0.0956. The van der Waals surface area contributed by atoms with Crippen LogP contribution in [0, 0.1) is 0 Å². The first-order chi connectivity index (χ1) is 8.06. The second kappa shape index (κ2) is 4.37. The first-order valence-corrected chi connectivity index (χ1v) is 4.98. The Hall–Kier alpha value is -2.16. The molecule has 2 atom stereocenters. The molecule has 2 heterocycles. The summed E-state index contributed by atoms with van der Waals surface area (Å²) in [6, 6.07) is -0.697. The molecule has 1 aromatic heterocycles. The molecule has 92 valence electrons. The second-order valence-electron chi connectivity index (χ2n) is 3.69. The molecule has 9 nitrogen and oxygen atoms in total. The summed E-state index contributed by atoms with van der Waals surface area (Å²) in [7, 11) is 0. The molecule has 1 aliphatic rings. The number of hydrogen-bond donors (Lipinski definition) is 4. The van der Waals surface area contributed by atoms with Gasteiger partial charge in [-0.1, -0.05) is 0 Å². The van der Waals surface area contributed by atoms with E-state index in [0.29, 0.717) is 12.2 Å². The average molecular weight is 240 g/mol. The molecule has 0 saturated carbocycles. The van der Waals surface area contributed by atoms with Crippen LogP contribution in [0.4, 0.5) is 4.79 Å². The monoisotopic (exact) mass is 240 g/mol. The average Bonchev–Trinajstić information content (AvgIpc) is 2.73. The van der Waals surface area contributed by atoms with Gasteiger partial charge in [-0.2, -0.15) is 15.0 Å². The number of nitrogens with two attached hydrogens (primary N) is 1. The zero-order valence-electron chi connectivity index (χ0n) is 8.83. The SMILES string of the molecule is N[C@@H]1C(=O)N[C@@H]1Cn1ncc(CNC(=O)O)n1. The van der Waals surface area contributed by atoms with Gasteiger partial charge in [-0.25, -0.2) is 4.79 Å². The predicted molar refractivity (Wildman–Crippen MR) is 54.8 cm³/mol. The summed E-state index contributed by atoms with van der Waals surface area (Å²) in [5, 5.41) is 21.2. The van der Waals surface area contributed by atoms with Crippen molar-refractivity contribution < 1.29 is 14.7 Å². The van der Waals surface area contributed by atoms with Crippen LogP contribution < -0.4 is 16.4 Å². The molecule has 0 radical (unpaired) electrons. The predicted octanol–water partition coefficient (Wildman–Crippen LogP) is -2.13. The molecule has 0 spiro atoms. The van der Waals surface area contributed by atoms with Gasteiger partial charge in [0.15, 0.2) is 0 Å². The minimum atomic E-state index is -1.12. The van der Waals surface area contributed by atoms with Crippen LogP contribution in [0.1, 0.15) is 5.69 Å². The van der Waals surface area contributed by atoms with Crippen molar-refractivity contribution >= 4 is 12.0 Å². The normalized spacial score (nSPS) is 22.8. The van der Waals surface area contributed by atoms with E-state index in [0.717, 1.165) is 0 Å². The fraction of sp³-hybridized carbons (Fsp3) is 0.500. The topological polar surface area (TPSA) is 135 Å². The molecular formula is C8H12N6O3. The molecule has 1 fully saturated rings. The van der Waals surface area contributed by atoms with E-state index in [1.165, 1.54) is 11.0 Å². The third-order valence-corrected chi connectivity index (χ3v) is 2.43. The summed E-state index contributed by atoms with van der Waals surface area (Å²) in [4.78, 5) is 22.5. The van der Waals surface area contributed by atoms with Crippen molar-refractivity contribution in [3.63, 3.8) is 0 Å². The Kier molecular flexibility index (Phi) is 2.91. The Morgan fingerprint density at radius 1 is 1.71 bits per heavy atom. The first-order valence-electron chi connectivity index (χ1n) is 4.98. The molecule has 2 amide bonds. The zero-order chi connectivity index (χ0) is 12.4. The van der Waals surface area contributed by atoms with Crippen LogP contribution in [0.15, 0.2) is 6.20 Å². The largest absolute Gasteiger partial charge is 0.465 e. The molecule has 1 aromatic rings. The Labute approximate surface area is 96.0 Å². The molecule has 2 rings (SSSR count). The summed E-state index contributed by atoms with van der Waals surface area (Å²) < 4.78 is 0. The number of carbonyl (C=O) groups excluding carboxylic acids is 1. The highest BCUT2D eigenvalue weighted by Gasteiger charge is 2.36. The van der Waals surface area contributed by atoms with Crippen LogP contribution in [0.5, 0.6) is 0 Å². The number of rotatable bonds is 4. The number of nitrogens with one attached hydrogen (secondary N) is 2. The van der Waals surface area contributed by atoms with E-state index in [-0.39, 0.29) is 18.5 Å². The molecule has 0 aromatic carbocycles. The number of nitrogens with zero attached hydrogens (tertiary/aromatic N) is 3. The van der Waals surface area contributed by atoms with Crippen LogP contribution in [0.25, 0.3) is 0 Å². The van der Waals surface area contributed by atoms with Crippen molar-refractivity contribution in [1.82, 2.24) is 25.6 Å². The lowest BCUT2D eigenvalue weighted by Crippen LogP contribution is -2.68. The summed E-state index contributed by atoms with van der Waals surface area (Å²) in [5.74, 6) is -0.185. The quantitative estimate of drug-likeness (QED) is 0.444. The lowest BCUT2D eigenvalue weighted by Gasteiger charge is -2.33. The maximum Gasteiger partial charge on any atom is 0.404 e. The second-order valence-corrected chi connectivity index (χ2v) is 3.69. The van der Waals surface area contributed by atoms with Gasteiger partial charge in [0.1, 0.15) is 11.7 Å². The molecule has 9 heteroatoms. The third kappa shape index (κ3) is 2.50. The lowest BCUT2D eigenvalue weighted by atomic mass is 10.0. The number of carboxylic acid groups (broad SMARTS) is 1. The van der Waals surface area contributed by atoms with Crippen molar-refractivity contribution in [2.24, 2.45) is 5.73 Å². The summed E-state index contributed by atoms with van der Waals surface area (Å²) in [5.41, 5.74) is 6.05. The Balaban J connectivity index is 1.86. The highest BCUT2D eigenvalue weighted by atomic mass is 16.4. The van der Waals surface area contributed by atoms with Crippen LogP contribution in [-0.4, -0.2) is 44.2 Å². The van der Waals surface area contributed by atoms with E-state index in [2.05, 4.69) is 20.8 Å². The van der Waals surface area contributed by atoms with Gasteiger partial charge in [0.25, 0.3) is 0 Å². The van der Waals surface area contributed by atoms with Crippen molar-refractivity contribution in [1.29, 1.82) is 0 Å². The number of hydrogen-bond acceptors (Lipinski definition) is 5. The van der Waals surface area contributed by atoms with Crippen LogP contribution in [0.3, 0.4) is 0 Å². The van der Waals surface area contributed by atoms with Gasteiger partial charge in [0.2, 0.25) is 5.91 Å². The van der Waals surface area contributed by atoms with Gasteiger partial charge in [0, 0.05) is 0 Å². The highest BCUT2D eigenvalue weighted by Crippen LogP contribution is 2.05. The zero-order valence-corrected chi connectivity index (χ0v) is 8.83. The van der Waals surface area contributed by atoms with E-state index >= 15 is 0 Å². The smallest absolute Gasteiger partial charge is 0.404 e. The molecule has 0 aliphatic carbocycles. The van der Waals surface area contributed by atoms with Crippen LogP contribution in [-0.2, 0) is 17.9 Å². The van der Waals surface area contributed by atoms with Crippen molar-refractivity contribution in [2.75, 3.05) is 0 Å². The molecule has 5 N–H and O–H groups in total. The fourth-order valence-electron chi connectivity index (χ4n) is 1.46. The van der Waals surface area contributed by atoms with Gasteiger partial charge < -0.3 is 21.5 Å². The van der Waals surface area contributed by atoms with Crippen LogP contribution >= 0.6 is 0 Å². The Morgan fingerprint density at radius 3 is 3.06 bits per heavy atom. The molecule has 1 aliphatic heterocycles. The van der Waals surface area contributed by atoms with Crippen molar-refractivity contribution in [3.8, 4) is 0 Å². The van der Waals surface area contributed by atoms with Gasteiger partial charge >= 0.3 is 6.09 Å². The van der Waals surface area contributed by atoms with Gasteiger partial charge in [0.05, 0.1) is 25.3 Å². The van der Waals surface area contributed by atoms with E-state index in [4.69, 9.17) is 10.8 Å². The van der Waals surface area contributed by atoms with Gasteiger partial charge in [-0.15, -0.1) is 0 Å². The standard InChI is InChI=1S/C8H12N6O3/c9-6-5(12-7(6)15)3-14-11-2-4(13-14)1-10-8(16)17/h2,5-6,10H,1,3,9H2,(H,12,15)(H,16,17)/t5-,6+/m1/s1. The van der Waals surface area contributed by atoms with Gasteiger partial charge in [-0.05, 0) is 0 Å². The maximum absolute atomic E-state index is 10.9. The molecule has 0 bridgehead atoms. The van der Waals surface area contributed by atoms with E-state index in [9.17, 15) is 9.59 Å². The summed E-state index contributed by atoms with van der Waals surface area (Å²) >= 11 is 0. The molecule has 0 unspecified atom stereocenters. The number of amides is 2. The first kappa shape index (κ1) is 11.3. The number of β-lactam (4-membered cyclic amide) rings is 1. The fourth-order valence-corrected chi connectivity index (χ4v) is 1.46. The molecule has 17 heavy (non-hydrogen) atoms. The van der Waals surface area contributed by atoms with E-state index in [1.807, 2.05) is 0 Å². The number of carbonyl (C=O) groups is 2. The summed E-state index contributed by atoms with van der Waals surface area (Å²) in [6.07, 6.45) is 0.343. The Bertz CT molecular complexity index is 444. The Morgan fingerprint density at radius 2 is 2.47 bits per heavy atom. The van der Waals surface area contributed by atoms with Gasteiger partial charge in [-0.3, -0.25) is 4.79 Å². The molecule has 1 saturated heterocycles. The van der Waals surface area contributed by atoms with Crippen molar-refractivity contribution in [3.05, 3.63) is 11.9 Å². The lowest BCUT2D eigenvalue weighted by molar-refractivity contribution is -0.130. The van der Waals surface area contributed by atoms with Crippen molar-refractivity contribution in [2.45, 2.75) is 25.2 Å². The highest BCUT2D eigenvalue weighted by molar-refractivity contribution is 5.88. The summed E-state index contributed by atoms with van der Waals surface area (Å²) in [6.45, 7) is 0.471. The number of aromatic nitrogens is 3. The minimum Gasteiger partial charge on any atom is -0.465 e. The molecular weight excluding hydrogens is 228 g/mol. The van der Waals surface area contributed by atoms with E-state index < -0.39 is 12.1 Å². The maximum atomic E-state index is 10.9. The van der Waals surface area contributed by atoms with E-state index in [1.54, 1.807) is 0 Å². The van der Waals surface area contributed by atoms with Crippen LogP contribution in [0.2, 0.25) is 0 Å².